The lowest BCUT2D eigenvalue weighted by molar-refractivity contribution is -0.137. The van der Waals surface area contributed by atoms with E-state index < -0.39 is 17.5 Å². The number of phenolic OH excluding ortho intramolecular Hbond substituents is 1. The molecule has 0 aliphatic carbocycles. The molecular formula is C26H36F3N3O3. The standard InChI is InChI=1S/C26H36F3N3O3/c1-4-6-7-10-19(5-2)30-25-21(11-8-15-33)20(12-9-16-35-3)24(31-32-25)22-14-13-18(17-23(22)34)26(27,28)29/h13-15,17,19,34H,4-12,16H2,1-3H3,(H,30,32). The maximum atomic E-state index is 13.1. The van der Waals surface area contributed by atoms with Gasteiger partial charge in [-0.2, -0.15) is 13.2 Å². The van der Waals surface area contributed by atoms with E-state index in [2.05, 4.69) is 29.4 Å². The average molecular weight is 496 g/mol. The quantitative estimate of drug-likeness (QED) is 0.221. The molecule has 1 unspecified atom stereocenters. The van der Waals surface area contributed by atoms with E-state index in [1.54, 1.807) is 7.11 Å². The lowest BCUT2D eigenvalue weighted by Crippen LogP contribution is -2.22. The second-order valence-electron chi connectivity index (χ2n) is 8.63. The minimum Gasteiger partial charge on any atom is -0.507 e. The molecule has 1 heterocycles. The first-order chi connectivity index (χ1) is 16.8. The summed E-state index contributed by atoms with van der Waals surface area (Å²) in [6.45, 7) is 4.72. The van der Waals surface area contributed by atoms with Crippen LogP contribution >= 0.6 is 0 Å². The molecule has 1 aromatic carbocycles. The summed E-state index contributed by atoms with van der Waals surface area (Å²) in [6, 6.07) is 3.03. The van der Waals surface area contributed by atoms with Crippen LogP contribution in [0.1, 0.15) is 75.5 Å². The molecule has 2 aromatic rings. The van der Waals surface area contributed by atoms with Crippen molar-refractivity contribution in [1.29, 1.82) is 0 Å². The van der Waals surface area contributed by atoms with Gasteiger partial charge in [-0.15, -0.1) is 10.2 Å². The Hall–Kier alpha value is -2.68. The highest BCUT2D eigenvalue weighted by molar-refractivity contribution is 5.73. The summed E-state index contributed by atoms with van der Waals surface area (Å²) in [5, 5.41) is 22.7. The van der Waals surface area contributed by atoms with Gasteiger partial charge in [-0.3, -0.25) is 0 Å². The van der Waals surface area contributed by atoms with Crippen LogP contribution < -0.4 is 5.32 Å². The molecule has 0 saturated heterocycles. The van der Waals surface area contributed by atoms with Crippen molar-refractivity contribution < 1.29 is 27.8 Å². The van der Waals surface area contributed by atoms with Crippen LogP contribution in [-0.4, -0.2) is 41.3 Å². The molecule has 0 radical (unpaired) electrons. The van der Waals surface area contributed by atoms with Crippen LogP contribution in [0.4, 0.5) is 19.0 Å². The number of rotatable bonds is 15. The Labute approximate surface area is 205 Å². The number of hydrogen-bond donors (Lipinski definition) is 2. The van der Waals surface area contributed by atoms with Crippen LogP contribution in [0.15, 0.2) is 18.2 Å². The van der Waals surface area contributed by atoms with Gasteiger partial charge in [0.15, 0.2) is 5.82 Å². The molecule has 194 valence electrons. The fraction of sp³-hybridized carbons (Fsp3) is 0.577. The number of nitrogens with zero attached hydrogens (tertiary/aromatic N) is 2. The van der Waals surface area contributed by atoms with E-state index >= 15 is 0 Å². The maximum absolute atomic E-state index is 13.1. The summed E-state index contributed by atoms with van der Waals surface area (Å²) in [5.41, 5.74) is 1.10. The third-order valence-corrected chi connectivity index (χ3v) is 6.04. The Bertz CT molecular complexity index is 951. The molecule has 0 saturated carbocycles. The number of aldehydes is 1. The predicted molar refractivity (Wildman–Crippen MR) is 131 cm³/mol. The van der Waals surface area contributed by atoms with Crippen LogP contribution in [0.2, 0.25) is 0 Å². The number of alkyl halides is 3. The molecule has 0 fully saturated rings. The fourth-order valence-corrected chi connectivity index (χ4v) is 4.09. The molecule has 0 spiro atoms. The largest absolute Gasteiger partial charge is 0.507 e. The number of benzene rings is 1. The Morgan fingerprint density at radius 1 is 1.11 bits per heavy atom. The van der Waals surface area contributed by atoms with Crippen LogP contribution in [0.25, 0.3) is 11.3 Å². The second-order valence-corrected chi connectivity index (χ2v) is 8.63. The summed E-state index contributed by atoms with van der Waals surface area (Å²) in [6.07, 6.45) is 3.27. The number of ether oxygens (including phenoxy) is 1. The van der Waals surface area contributed by atoms with Crippen LogP contribution in [-0.2, 0) is 28.5 Å². The topological polar surface area (TPSA) is 84.3 Å². The highest BCUT2D eigenvalue weighted by atomic mass is 19.4. The molecule has 1 aromatic heterocycles. The average Bonchev–Trinajstić information content (AvgIpc) is 2.82. The maximum Gasteiger partial charge on any atom is 0.416 e. The molecular weight excluding hydrogens is 459 g/mol. The van der Waals surface area contributed by atoms with Gasteiger partial charge in [0.05, 0.1) is 5.56 Å². The van der Waals surface area contributed by atoms with Gasteiger partial charge in [-0.05, 0) is 55.9 Å². The van der Waals surface area contributed by atoms with Gasteiger partial charge in [-0.1, -0.05) is 33.1 Å². The molecule has 0 amide bonds. The first kappa shape index (κ1) is 28.6. The van der Waals surface area contributed by atoms with E-state index in [9.17, 15) is 23.1 Å². The number of anilines is 1. The van der Waals surface area contributed by atoms with Crippen molar-refractivity contribution in [3.05, 3.63) is 34.9 Å². The van der Waals surface area contributed by atoms with E-state index in [1.165, 1.54) is 6.07 Å². The summed E-state index contributed by atoms with van der Waals surface area (Å²) < 4.78 is 44.5. The second kappa shape index (κ2) is 14.0. The van der Waals surface area contributed by atoms with Gasteiger partial charge in [-0.25, -0.2) is 0 Å². The van der Waals surface area contributed by atoms with Crippen LogP contribution in [0.3, 0.4) is 0 Å². The van der Waals surface area contributed by atoms with E-state index in [-0.39, 0.29) is 18.0 Å². The van der Waals surface area contributed by atoms with Crippen molar-refractivity contribution in [3.63, 3.8) is 0 Å². The highest BCUT2D eigenvalue weighted by Crippen LogP contribution is 2.38. The Balaban J connectivity index is 2.57. The van der Waals surface area contributed by atoms with Crippen molar-refractivity contribution in [2.24, 2.45) is 0 Å². The number of aromatic nitrogens is 2. The summed E-state index contributed by atoms with van der Waals surface area (Å²) in [4.78, 5) is 11.2. The zero-order valence-corrected chi connectivity index (χ0v) is 20.7. The molecule has 9 heteroatoms. The molecule has 1 atom stereocenters. The number of methoxy groups -OCH3 is 1. The Morgan fingerprint density at radius 2 is 1.89 bits per heavy atom. The molecule has 0 aliphatic rings. The van der Waals surface area contributed by atoms with E-state index in [0.717, 1.165) is 55.6 Å². The highest BCUT2D eigenvalue weighted by Gasteiger charge is 2.31. The minimum atomic E-state index is -4.57. The van der Waals surface area contributed by atoms with Gasteiger partial charge in [0.25, 0.3) is 0 Å². The predicted octanol–water partition coefficient (Wildman–Crippen LogP) is 6.35. The molecule has 2 N–H and O–H groups in total. The summed E-state index contributed by atoms with van der Waals surface area (Å²) in [7, 11) is 1.59. The summed E-state index contributed by atoms with van der Waals surface area (Å²) in [5.74, 6) is 0.0629. The van der Waals surface area contributed by atoms with Crippen LogP contribution in [0, 0.1) is 0 Å². The van der Waals surface area contributed by atoms with Crippen molar-refractivity contribution in [2.45, 2.75) is 83.9 Å². The van der Waals surface area contributed by atoms with Crippen molar-refractivity contribution in [2.75, 3.05) is 19.0 Å². The Morgan fingerprint density at radius 3 is 2.49 bits per heavy atom. The number of unbranched alkanes of at least 4 members (excludes halogenated alkanes) is 2. The Kier molecular flexibility index (Phi) is 11.4. The lowest BCUT2D eigenvalue weighted by atomic mass is 9.94. The van der Waals surface area contributed by atoms with Gasteiger partial charge in [0, 0.05) is 37.3 Å². The fourth-order valence-electron chi connectivity index (χ4n) is 4.09. The third kappa shape index (κ3) is 8.19. The number of phenols is 1. The van der Waals surface area contributed by atoms with Gasteiger partial charge < -0.3 is 20.0 Å². The molecule has 0 bridgehead atoms. The minimum absolute atomic E-state index is 0.173. The van der Waals surface area contributed by atoms with E-state index in [1.807, 2.05) is 0 Å². The molecule has 35 heavy (non-hydrogen) atoms. The SMILES string of the molecule is CCCCCC(CC)Nc1nnc(-c2ccc(C(F)(F)F)cc2O)c(CCCOC)c1CCC=O. The first-order valence-corrected chi connectivity index (χ1v) is 12.2. The number of halogens is 3. The summed E-state index contributed by atoms with van der Waals surface area (Å²) >= 11 is 0. The van der Waals surface area contributed by atoms with Gasteiger partial charge >= 0.3 is 6.18 Å². The first-order valence-electron chi connectivity index (χ1n) is 12.2. The number of hydrogen-bond acceptors (Lipinski definition) is 6. The zero-order chi connectivity index (χ0) is 25.8. The van der Waals surface area contributed by atoms with Gasteiger partial charge in [0.2, 0.25) is 0 Å². The van der Waals surface area contributed by atoms with E-state index in [0.29, 0.717) is 43.4 Å². The van der Waals surface area contributed by atoms with E-state index in [4.69, 9.17) is 4.74 Å². The molecule has 2 rings (SSSR count). The number of nitrogens with one attached hydrogen (secondary N) is 1. The smallest absolute Gasteiger partial charge is 0.416 e. The third-order valence-electron chi connectivity index (χ3n) is 6.04. The lowest BCUT2D eigenvalue weighted by Gasteiger charge is -2.22. The molecule has 0 aliphatic heterocycles. The molecule has 6 nitrogen and oxygen atoms in total. The zero-order valence-electron chi connectivity index (χ0n) is 20.7. The normalized spacial score (nSPS) is 12.5. The van der Waals surface area contributed by atoms with Crippen molar-refractivity contribution in [3.8, 4) is 17.0 Å². The van der Waals surface area contributed by atoms with Gasteiger partial charge in [0.1, 0.15) is 17.7 Å². The monoisotopic (exact) mass is 495 g/mol. The van der Waals surface area contributed by atoms with Crippen molar-refractivity contribution >= 4 is 12.1 Å². The number of carbonyl (C=O) groups is 1. The van der Waals surface area contributed by atoms with Crippen molar-refractivity contribution in [1.82, 2.24) is 10.2 Å². The number of aromatic hydroxyl groups is 1. The van der Waals surface area contributed by atoms with Crippen LogP contribution in [0.5, 0.6) is 5.75 Å². The number of carbonyl (C=O) groups excluding carboxylic acids is 1.